The zero-order valence-corrected chi connectivity index (χ0v) is 15.6. The Kier molecular flexibility index (Phi) is 5.22. The van der Waals surface area contributed by atoms with Gasteiger partial charge < -0.3 is 4.74 Å². The highest BCUT2D eigenvalue weighted by Crippen LogP contribution is 2.25. The predicted molar refractivity (Wildman–Crippen MR) is 99.5 cm³/mol. The van der Waals surface area contributed by atoms with Crippen LogP contribution in [0.4, 0.5) is 5.69 Å². The van der Waals surface area contributed by atoms with Gasteiger partial charge in [-0.15, -0.1) is 0 Å². The zero-order chi connectivity index (χ0) is 21.3. The number of imide groups is 1. The van der Waals surface area contributed by atoms with E-state index in [0.29, 0.717) is 5.56 Å². The van der Waals surface area contributed by atoms with E-state index < -0.39 is 41.1 Å². The van der Waals surface area contributed by atoms with Gasteiger partial charge >= 0.3 is 5.97 Å². The summed E-state index contributed by atoms with van der Waals surface area (Å²) in [5, 5.41) is 11.0. The molecule has 3 rings (SSSR count). The first-order valence-electron chi connectivity index (χ1n) is 8.64. The van der Waals surface area contributed by atoms with Crippen LogP contribution in [-0.2, 0) is 9.53 Å². The molecule has 0 radical (unpaired) electrons. The Morgan fingerprint density at radius 1 is 1.10 bits per heavy atom. The zero-order valence-electron chi connectivity index (χ0n) is 15.6. The number of ketones is 1. The van der Waals surface area contributed by atoms with Crippen LogP contribution in [0.2, 0.25) is 0 Å². The molecule has 29 heavy (non-hydrogen) atoms. The van der Waals surface area contributed by atoms with E-state index in [9.17, 15) is 29.3 Å². The number of aryl methyl sites for hydroxylation is 1. The Morgan fingerprint density at radius 2 is 1.69 bits per heavy atom. The predicted octanol–water partition coefficient (Wildman–Crippen LogP) is 2.31. The molecular weight excluding hydrogens is 380 g/mol. The smallest absolute Gasteiger partial charge is 0.329 e. The van der Waals surface area contributed by atoms with Crippen LogP contribution in [-0.4, -0.2) is 46.0 Å². The second-order valence-corrected chi connectivity index (χ2v) is 6.49. The van der Waals surface area contributed by atoms with Crippen molar-refractivity contribution in [2.24, 2.45) is 0 Å². The van der Waals surface area contributed by atoms with Crippen LogP contribution in [0.3, 0.4) is 0 Å². The highest BCUT2D eigenvalue weighted by atomic mass is 16.6. The van der Waals surface area contributed by atoms with Gasteiger partial charge in [0, 0.05) is 17.2 Å². The Bertz CT molecular complexity index is 1030. The molecule has 9 nitrogen and oxygen atoms in total. The van der Waals surface area contributed by atoms with E-state index in [4.69, 9.17) is 4.74 Å². The number of nitrogens with zero attached hydrogens (tertiary/aromatic N) is 2. The van der Waals surface area contributed by atoms with Gasteiger partial charge in [0.05, 0.1) is 16.1 Å². The fourth-order valence-electron chi connectivity index (χ4n) is 2.99. The summed E-state index contributed by atoms with van der Waals surface area (Å²) in [7, 11) is 0. The second-order valence-electron chi connectivity index (χ2n) is 6.49. The van der Waals surface area contributed by atoms with Crippen LogP contribution in [0.1, 0.15) is 43.6 Å². The topological polar surface area (TPSA) is 124 Å². The average molecular weight is 396 g/mol. The number of benzene rings is 2. The second kappa shape index (κ2) is 7.63. The standard InChI is InChI=1S/C20H16N2O7/c1-11-7-8-13(9-16(11)22(27)28)17(23)10-29-20(26)12(2)21-18(24)14-5-3-4-6-15(14)19(21)25/h3-9,12H,10H2,1-2H3/t12-/m1/s1. The largest absolute Gasteiger partial charge is 0.456 e. The number of carbonyl (C=O) groups is 4. The number of fused-ring (bicyclic) bond motifs is 1. The summed E-state index contributed by atoms with van der Waals surface area (Å²) >= 11 is 0. The fraction of sp³-hybridized carbons (Fsp3) is 0.200. The summed E-state index contributed by atoms with van der Waals surface area (Å²) in [4.78, 5) is 60.5. The van der Waals surface area contributed by atoms with E-state index in [0.717, 1.165) is 11.0 Å². The SMILES string of the molecule is Cc1ccc(C(=O)COC(=O)[C@@H](C)N2C(=O)c3ccccc3C2=O)cc1[N+](=O)[O-]. The lowest BCUT2D eigenvalue weighted by molar-refractivity contribution is -0.385. The molecular formula is C20H16N2O7. The molecule has 2 amide bonds. The molecule has 0 saturated heterocycles. The van der Waals surface area contributed by atoms with E-state index in [1.165, 1.54) is 38.1 Å². The lowest BCUT2D eigenvalue weighted by Crippen LogP contribution is -2.44. The molecule has 9 heteroatoms. The molecule has 0 bridgehead atoms. The Hall–Kier alpha value is -3.88. The molecule has 1 atom stereocenters. The van der Waals surface area contributed by atoms with Crippen LogP contribution in [0.15, 0.2) is 42.5 Å². The van der Waals surface area contributed by atoms with Crippen molar-refractivity contribution in [2.45, 2.75) is 19.9 Å². The third-order valence-electron chi connectivity index (χ3n) is 4.63. The minimum atomic E-state index is -1.23. The Labute approximate surface area is 165 Å². The third-order valence-corrected chi connectivity index (χ3v) is 4.63. The molecule has 2 aromatic rings. The Balaban J connectivity index is 1.68. The van der Waals surface area contributed by atoms with Crippen molar-refractivity contribution in [2.75, 3.05) is 6.61 Å². The maximum Gasteiger partial charge on any atom is 0.329 e. The number of amides is 2. The lowest BCUT2D eigenvalue weighted by atomic mass is 10.1. The molecule has 0 spiro atoms. The highest BCUT2D eigenvalue weighted by molar-refractivity contribution is 6.22. The average Bonchev–Trinajstić information content (AvgIpc) is 2.96. The van der Waals surface area contributed by atoms with Crippen molar-refractivity contribution in [3.8, 4) is 0 Å². The van der Waals surface area contributed by atoms with Gasteiger partial charge in [0.1, 0.15) is 6.04 Å². The van der Waals surface area contributed by atoms with Crippen LogP contribution in [0, 0.1) is 17.0 Å². The molecule has 0 fully saturated rings. The highest BCUT2D eigenvalue weighted by Gasteiger charge is 2.41. The quantitative estimate of drug-likeness (QED) is 0.241. The van der Waals surface area contributed by atoms with Gasteiger partial charge in [0.15, 0.2) is 6.61 Å². The fourth-order valence-corrected chi connectivity index (χ4v) is 2.99. The van der Waals surface area contributed by atoms with Gasteiger partial charge in [0.2, 0.25) is 5.78 Å². The number of rotatable bonds is 6. The number of carbonyl (C=O) groups excluding carboxylic acids is 4. The minimum Gasteiger partial charge on any atom is -0.456 e. The van der Waals surface area contributed by atoms with Crippen molar-refractivity contribution in [1.29, 1.82) is 0 Å². The molecule has 0 saturated carbocycles. The van der Waals surface area contributed by atoms with Gasteiger partial charge in [-0.3, -0.25) is 29.4 Å². The van der Waals surface area contributed by atoms with Gasteiger partial charge in [-0.05, 0) is 26.0 Å². The molecule has 148 valence electrons. The summed E-state index contributed by atoms with van der Waals surface area (Å²) in [6.45, 7) is 2.19. The van der Waals surface area contributed by atoms with Crippen molar-refractivity contribution < 1.29 is 28.8 Å². The van der Waals surface area contributed by atoms with Crippen molar-refractivity contribution in [1.82, 2.24) is 4.90 Å². The third kappa shape index (κ3) is 3.62. The number of nitro benzene ring substituents is 1. The maximum absolute atomic E-state index is 12.4. The van der Waals surface area contributed by atoms with E-state index in [1.54, 1.807) is 12.1 Å². The van der Waals surface area contributed by atoms with Crippen molar-refractivity contribution >= 4 is 29.3 Å². The molecule has 0 aromatic heterocycles. The molecule has 2 aromatic carbocycles. The molecule has 1 aliphatic rings. The summed E-state index contributed by atoms with van der Waals surface area (Å²) in [6.07, 6.45) is 0. The lowest BCUT2D eigenvalue weighted by Gasteiger charge is -2.20. The maximum atomic E-state index is 12.4. The molecule has 0 aliphatic carbocycles. The monoisotopic (exact) mass is 396 g/mol. The Morgan fingerprint density at radius 3 is 2.24 bits per heavy atom. The summed E-state index contributed by atoms with van der Waals surface area (Å²) in [5.41, 5.74) is 0.577. The minimum absolute atomic E-state index is 0.0171. The summed E-state index contributed by atoms with van der Waals surface area (Å²) in [5.74, 6) is -2.81. The molecule has 0 unspecified atom stereocenters. The first-order valence-corrected chi connectivity index (χ1v) is 8.64. The number of hydrogen-bond donors (Lipinski definition) is 0. The van der Waals surface area contributed by atoms with Crippen LogP contribution in [0.25, 0.3) is 0 Å². The summed E-state index contributed by atoms with van der Waals surface area (Å²) < 4.78 is 4.95. The number of Topliss-reactive ketones (excluding diaryl/α,β-unsaturated/α-hetero) is 1. The normalized spacial score (nSPS) is 13.8. The summed E-state index contributed by atoms with van der Waals surface area (Å²) in [6, 6.07) is 8.89. The van der Waals surface area contributed by atoms with Gasteiger partial charge in [-0.25, -0.2) is 4.79 Å². The molecule has 0 N–H and O–H groups in total. The van der Waals surface area contributed by atoms with Crippen LogP contribution >= 0.6 is 0 Å². The first-order chi connectivity index (χ1) is 13.7. The van der Waals surface area contributed by atoms with E-state index >= 15 is 0 Å². The first kappa shape index (κ1) is 19.9. The van der Waals surface area contributed by atoms with E-state index in [2.05, 4.69) is 0 Å². The molecule has 1 aliphatic heterocycles. The number of esters is 1. The van der Waals surface area contributed by atoms with Gasteiger partial charge in [-0.1, -0.05) is 24.3 Å². The van der Waals surface area contributed by atoms with Crippen LogP contribution in [0.5, 0.6) is 0 Å². The number of hydrogen-bond acceptors (Lipinski definition) is 7. The number of nitro groups is 1. The molecule has 1 heterocycles. The van der Waals surface area contributed by atoms with Crippen molar-refractivity contribution in [3.63, 3.8) is 0 Å². The van der Waals surface area contributed by atoms with Crippen molar-refractivity contribution in [3.05, 3.63) is 74.8 Å². The van der Waals surface area contributed by atoms with E-state index in [-0.39, 0.29) is 22.4 Å². The van der Waals surface area contributed by atoms with E-state index in [1.807, 2.05) is 0 Å². The van der Waals surface area contributed by atoms with Gasteiger partial charge in [-0.2, -0.15) is 0 Å². The van der Waals surface area contributed by atoms with Crippen LogP contribution < -0.4 is 0 Å². The number of ether oxygens (including phenoxy) is 1. The van der Waals surface area contributed by atoms with Gasteiger partial charge in [0.25, 0.3) is 17.5 Å².